The third kappa shape index (κ3) is 4.83. The zero-order valence-electron chi connectivity index (χ0n) is 16.5. The van der Waals surface area contributed by atoms with Crippen LogP contribution in [0, 0.1) is 5.92 Å². The van der Waals surface area contributed by atoms with Crippen LogP contribution in [-0.2, 0) is 14.8 Å². The minimum Gasteiger partial charge on any atom is -0.495 e. The Morgan fingerprint density at radius 1 is 1.10 bits per heavy atom. The van der Waals surface area contributed by atoms with Crippen LogP contribution < -0.4 is 14.8 Å². The maximum atomic E-state index is 13.2. The zero-order valence-corrected chi connectivity index (χ0v) is 18.9. The molecule has 7 nitrogen and oxygen atoms in total. The molecule has 0 radical (unpaired) electrons. The first-order valence-corrected chi connectivity index (χ1v) is 11.4. The van der Waals surface area contributed by atoms with Crippen LogP contribution in [0.25, 0.3) is 0 Å². The molecule has 1 saturated heterocycles. The number of methoxy groups -OCH3 is 2. The van der Waals surface area contributed by atoms with Crippen molar-refractivity contribution in [1.82, 2.24) is 4.31 Å². The van der Waals surface area contributed by atoms with Crippen molar-refractivity contribution < 1.29 is 22.7 Å². The number of carbonyl (C=O) groups is 1. The van der Waals surface area contributed by atoms with E-state index in [2.05, 4.69) is 5.32 Å². The topological polar surface area (TPSA) is 84.9 Å². The minimum absolute atomic E-state index is 0.0134. The fourth-order valence-electron chi connectivity index (χ4n) is 3.35. The third-order valence-corrected chi connectivity index (χ3v) is 7.33. The predicted octanol–water partition coefficient (Wildman–Crippen LogP) is 4.05. The van der Waals surface area contributed by atoms with Gasteiger partial charge in [-0.2, -0.15) is 4.31 Å². The molecule has 1 N–H and O–H groups in total. The summed E-state index contributed by atoms with van der Waals surface area (Å²) >= 11 is 12.1. The molecule has 1 atom stereocenters. The fourth-order valence-corrected chi connectivity index (χ4v) is 5.55. The molecule has 1 heterocycles. The molecular formula is C20H22Cl2N2O5S. The van der Waals surface area contributed by atoms with E-state index >= 15 is 0 Å². The summed E-state index contributed by atoms with van der Waals surface area (Å²) < 4.78 is 38.0. The van der Waals surface area contributed by atoms with E-state index in [0.29, 0.717) is 35.8 Å². The lowest BCUT2D eigenvalue weighted by atomic mass is 9.98. The van der Waals surface area contributed by atoms with Crippen molar-refractivity contribution in [3.8, 4) is 11.5 Å². The maximum Gasteiger partial charge on any atom is 0.246 e. The van der Waals surface area contributed by atoms with Crippen LogP contribution in [0.5, 0.6) is 11.5 Å². The van der Waals surface area contributed by atoms with E-state index in [9.17, 15) is 13.2 Å². The number of rotatable bonds is 6. The highest BCUT2D eigenvalue weighted by Crippen LogP contribution is 2.32. The van der Waals surface area contributed by atoms with Gasteiger partial charge in [0.05, 0.1) is 25.2 Å². The SMILES string of the molecule is COc1ccc(NC(=O)[C@H]2CCCN(S(=O)(=O)c3cc(Cl)ccc3OC)C2)cc1Cl. The molecule has 0 aliphatic carbocycles. The van der Waals surface area contributed by atoms with Gasteiger partial charge >= 0.3 is 0 Å². The van der Waals surface area contributed by atoms with Crippen molar-refractivity contribution in [1.29, 1.82) is 0 Å². The predicted molar refractivity (Wildman–Crippen MR) is 116 cm³/mol. The second-order valence-corrected chi connectivity index (χ2v) is 9.59. The molecule has 1 aliphatic heterocycles. The smallest absolute Gasteiger partial charge is 0.246 e. The van der Waals surface area contributed by atoms with Gasteiger partial charge in [0.15, 0.2) is 0 Å². The molecule has 1 aliphatic rings. The number of nitrogens with zero attached hydrogens (tertiary/aromatic N) is 1. The first kappa shape index (κ1) is 22.7. The molecule has 3 rings (SSSR count). The molecule has 0 aromatic heterocycles. The molecule has 1 amide bonds. The van der Waals surface area contributed by atoms with Crippen LogP contribution in [0.4, 0.5) is 5.69 Å². The van der Waals surface area contributed by atoms with Crippen LogP contribution >= 0.6 is 23.2 Å². The van der Waals surface area contributed by atoms with E-state index < -0.39 is 15.9 Å². The summed E-state index contributed by atoms with van der Waals surface area (Å²) in [6.07, 6.45) is 1.14. The van der Waals surface area contributed by atoms with E-state index in [1.165, 1.54) is 30.7 Å². The van der Waals surface area contributed by atoms with Crippen molar-refractivity contribution in [3.05, 3.63) is 46.4 Å². The molecule has 2 aromatic rings. The number of sulfonamides is 1. The summed E-state index contributed by atoms with van der Waals surface area (Å²) in [4.78, 5) is 12.8. The number of amides is 1. The van der Waals surface area contributed by atoms with E-state index in [4.69, 9.17) is 32.7 Å². The quantitative estimate of drug-likeness (QED) is 0.685. The first-order chi connectivity index (χ1) is 14.3. The van der Waals surface area contributed by atoms with Gasteiger partial charge < -0.3 is 14.8 Å². The van der Waals surface area contributed by atoms with Gasteiger partial charge in [0.1, 0.15) is 16.4 Å². The minimum atomic E-state index is -3.88. The molecule has 0 bridgehead atoms. The fraction of sp³-hybridized carbons (Fsp3) is 0.350. The van der Waals surface area contributed by atoms with Crippen LogP contribution in [0.3, 0.4) is 0 Å². The number of ether oxygens (including phenoxy) is 2. The second-order valence-electron chi connectivity index (χ2n) is 6.84. The Morgan fingerprint density at radius 2 is 1.80 bits per heavy atom. The van der Waals surface area contributed by atoms with E-state index in [-0.39, 0.29) is 28.1 Å². The molecule has 162 valence electrons. The van der Waals surface area contributed by atoms with Gasteiger partial charge in [-0.3, -0.25) is 4.79 Å². The Bertz CT molecular complexity index is 1050. The summed E-state index contributed by atoms with van der Waals surface area (Å²) in [5.74, 6) is -0.0623. The van der Waals surface area contributed by atoms with Gasteiger partial charge in [0, 0.05) is 23.8 Å². The first-order valence-electron chi connectivity index (χ1n) is 9.24. The summed E-state index contributed by atoms with van der Waals surface area (Å²) in [6, 6.07) is 9.35. The van der Waals surface area contributed by atoms with Crippen LogP contribution in [0.2, 0.25) is 10.0 Å². The van der Waals surface area contributed by atoms with E-state index in [0.717, 1.165) is 0 Å². The number of benzene rings is 2. The Morgan fingerprint density at radius 3 is 2.47 bits per heavy atom. The Hall–Kier alpha value is -2.00. The van der Waals surface area contributed by atoms with Crippen molar-refractivity contribution in [3.63, 3.8) is 0 Å². The molecule has 0 unspecified atom stereocenters. The van der Waals surface area contributed by atoms with Crippen molar-refractivity contribution in [2.24, 2.45) is 5.92 Å². The summed E-state index contributed by atoms with van der Waals surface area (Å²) in [5, 5.41) is 3.46. The number of carbonyl (C=O) groups excluding carboxylic acids is 1. The summed E-state index contributed by atoms with van der Waals surface area (Å²) in [7, 11) is -0.973. The molecule has 0 spiro atoms. The number of hydrogen-bond donors (Lipinski definition) is 1. The van der Waals surface area contributed by atoms with Crippen LogP contribution in [-0.4, -0.2) is 45.9 Å². The van der Waals surface area contributed by atoms with Crippen LogP contribution in [0.15, 0.2) is 41.3 Å². The lowest BCUT2D eigenvalue weighted by Gasteiger charge is -2.31. The van der Waals surface area contributed by atoms with Crippen molar-refractivity contribution >= 4 is 44.8 Å². The van der Waals surface area contributed by atoms with Crippen LogP contribution in [0.1, 0.15) is 12.8 Å². The molecule has 0 saturated carbocycles. The van der Waals surface area contributed by atoms with E-state index in [1.807, 2.05) is 0 Å². The second kappa shape index (κ2) is 9.43. The lowest BCUT2D eigenvalue weighted by Crippen LogP contribution is -2.43. The number of piperidine rings is 1. The van der Waals surface area contributed by atoms with Gasteiger partial charge in [-0.05, 0) is 49.2 Å². The number of halogens is 2. The maximum absolute atomic E-state index is 13.2. The third-order valence-electron chi connectivity index (χ3n) is 4.92. The largest absolute Gasteiger partial charge is 0.495 e. The molecule has 10 heteroatoms. The van der Waals surface area contributed by atoms with E-state index in [1.54, 1.807) is 24.3 Å². The Kier molecular flexibility index (Phi) is 7.13. The average Bonchev–Trinajstić information content (AvgIpc) is 2.74. The lowest BCUT2D eigenvalue weighted by molar-refractivity contribution is -0.120. The highest BCUT2D eigenvalue weighted by Gasteiger charge is 2.35. The molecular weight excluding hydrogens is 451 g/mol. The highest BCUT2D eigenvalue weighted by atomic mass is 35.5. The molecule has 30 heavy (non-hydrogen) atoms. The molecule has 1 fully saturated rings. The van der Waals surface area contributed by atoms with Gasteiger partial charge in [0.25, 0.3) is 0 Å². The van der Waals surface area contributed by atoms with Crippen molar-refractivity contribution in [2.45, 2.75) is 17.7 Å². The standard InChI is InChI=1S/C20H22Cl2N2O5S/c1-28-17-8-6-15(11-16(17)22)23-20(25)13-4-3-9-24(12-13)30(26,27)19-10-14(21)5-7-18(19)29-2/h5-8,10-11,13H,3-4,9,12H2,1-2H3,(H,23,25)/t13-/m0/s1. The summed E-state index contributed by atoms with van der Waals surface area (Å²) in [5.41, 5.74) is 0.516. The molecule has 2 aromatic carbocycles. The summed E-state index contributed by atoms with van der Waals surface area (Å²) in [6.45, 7) is 0.379. The monoisotopic (exact) mass is 472 g/mol. The number of hydrogen-bond acceptors (Lipinski definition) is 5. The van der Waals surface area contributed by atoms with Gasteiger partial charge in [-0.25, -0.2) is 8.42 Å². The van der Waals surface area contributed by atoms with Gasteiger partial charge in [-0.15, -0.1) is 0 Å². The normalized spacial score (nSPS) is 17.4. The highest BCUT2D eigenvalue weighted by molar-refractivity contribution is 7.89. The van der Waals surface area contributed by atoms with Crippen molar-refractivity contribution in [2.75, 3.05) is 32.6 Å². The van der Waals surface area contributed by atoms with Gasteiger partial charge in [-0.1, -0.05) is 23.2 Å². The number of nitrogens with one attached hydrogen (secondary N) is 1. The zero-order chi connectivity index (χ0) is 21.9. The Balaban J connectivity index is 1.77. The average molecular weight is 473 g/mol. The number of anilines is 1. The van der Waals surface area contributed by atoms with Gasteiger partial charge in [0.2, 0.25) is 15.9 Å². The Labute approximate surface area is 185 Å².